The highest BCUT2D eigenvalue weighted by Crippen LogP contribution is 2.23. The van der Waals surface area contributed by atoms with Gasteiger partial charge in [0.1, 0.15) is 0 Å². The van der Waals surface area contributed by atoms with Crippen LogP contribution in [0.25, 0.3) is 0 Å². The van der Waals surface area contributed by atoms with E-state index in [0.717, 1.165) is 11.1 Å². The van der Waals surface area contributed by atoms with Crippen LogP contribution in [-0.4, -0.2) is 18.2 Å². The van der Waals surface area contributed by atoms with Gasteiger partial charge in [0.15, 0.2) is 0 Å². The molecule has 0 fully saturated rings. The molecule has 0 saturated heterocycles. The second-order valence-electron chi connectivity index (χ2n) is 9.81. The van der Waals surface area contributed by atoms with Crippen LogP contribution < -0.4 is 0 Å². The fourth-order valence-electron chi connectivity index (χ4n) is 2.85. The van der Waals surface area contributed by atoms with Gasteiger partial charge in [-0.2, -0.15) is 0 Å². The van der Waals surface area contributed by atoms with Gasteiger partial charge in [-0.1, -0.05) is 79.2 Å². The molecule has 0 atom stereocenters. The van der Waals surface area contributed by atoms with Gasteiger partial charge in [-0.05, 0) is 46.2 Å². The Kier molecular flexibility index (Phi) is 8.58. The van der Waals surface area contributed by atoms with Crippen molar-refractivity contribution in [3.05, 3.63) is 70.8 Å². The van der Waals surface area contributed by atoms with Crippen molar-refractivity contribution in [2.75, 3.05) is 0 Å². The molecular weight excluding hydrogens is 408 g/mol. The minimum Gasteiger partial charge on any atom is -0.290 e. The molecule has 0 aliphatic rings. The second kappa shape index (κ2) is 10.7. The van der Waals surface area contributed by atoms with Gasteiger partial charge in [0.2, 0.25) is 6.29 Å². The predicted octanol–water partition coefficient (Wildman–Crippen LogP) is 6.28. The molecule has 0 saturated carbocycles. The smallest absolute Gasteiger partial charge is 0.290 e. The lowest BCUT2D eigenvalue weighted by molar-refractivity contribution is -0.421. The third-order valence-electron chi connectivity index (χ3n) is 4.96. The molecule has 0 aliphatic carbocycles. The summed E-state index contributed by atoms with van der Waals surface area (Å²) in [5, 5.41) is 0. The van der Waals surface area contributed by atoms with Crippen LogP contribution in [0.3, 0.4) is 0 Å². The summed E-state index contributed by atoms with van der Waals surface area (Å²) >= 11 is 0. The van der Waals surface area contributed by atoms with Crippen LogP contribution in [0.15, 0.2) is 48.5 Å². The molecule has 0 unspecified atom stereocenters. The van der Waals surface area contributed by atoms with E-state index in [1.165, 1.54) is 0 Å². The largest absolute Gasteiger partial charge is 0.373 e. The molecule has 0 amide bonds. The molecule has 0 bridgehead atoms. The van der Waals surface area contributed by atoms with E-state index in [2.05, 4.69) is 41.5 Å². The number of benzene rings is 2. The molecule has 2 aromatic carbocycles. The standard InChI is InChI=1S/C26H34O6/c1-8-9-22(29-31-23(27)18-10-14-20(15-11-18)25(2,3)4)30-32-24(28)19-12-16-21(17-13-19)26(5,6)7/h10-17,22H,8-9H2,1-7H3. The number of carbonyl (C=O) groups excluding carboxylic acids is 2. The van der Waals surface area contributed by atoms with Gasteiger partial charge in [-0.3, -0.25) is 9.78 Å². The molecule has 0 N–H and O–H groups in total. The number of rotatable bonds is 8. The molecule has 0 aliphatic heterocycles. The van der Waals surface area contributed by atoms with Crippen LogP contribution in [0.1, 0.15) is 93.2 Å². The predicted molar refractivity (Wildman–Crippen MR) is 122 cm³/mol. The molecule has 174 valence electrons. The van der Waals surface area contributed by atoms with Crippen LogP contribution in [0.5, 0.6) is 0 Å². The first-order valence-corrected chi connectivity index (χ1v) is 10.9. The molecule has 6 nitrogen and oxygen atoms in total. The third kappa shape index (κ3) is 7.46. The van der Waals surface area contributed by atoms with E-state index in [-0.39, 0.29) is 10.8 Å². The molecule has 6 heteroatoms. The topological polar surface area (TPSA) is 71.1 Å². The van der Waals surface area contributed by atoms with E-state index in [9.17, 15) is 9.59 Å². The maximum atomic E-state index is 12.3. The summed E-state index contributed by atoms with van der Waals surface area (Å²) in [5.74, 6) is -1.31. The molecule has 2 aromatic rings. The summed E-state index contributed by atoms with van der Waals surface area (Å²) in [6.45, 7) is 14.5. The maximum absolute atomic E-state index is 12.3. The lowest BCUT2D eigenvalue weighted by Gasteiger charge is -2.19. The first kappa shape index (κ1) is 25.6. The van der Waals surface area contributed by atoms with E-state index in [1.807, 2.05) is 31.2 Å². The molecular formula is C26H34O6. The van der Waals surface area contributed by atoms with Crippen molar-refractivity contribution in [3.63, 3.8) is 0 Å². The fraction of sp³-hybridized carbons (Fsp3) is 0.462. The Labute approximate surface area is 190 Å². The van der Waals surface area contributed by atoms with Crippen molar-refractivity contribution in [2.45, 2.75) is 78.4 Å². The van der Waals surface area contributed by atoms with Gasteiger partial charge in [0.25, 0.3) is 0 Å². The zero-order chi connectivity index (χ0) is 23.9. The first-order valence-electron chi connectivity index (χ1n) is 10.9. The highest BCUT2D eigenvalue weighted by atomic mass is 17.3. The summed E-state index contributed by atoms with van der Waals surface area (Å²) < 4.78 is 0. The average Bonchev–Trinajstić information content (AvgIpc) is 2.74. The maximum Gasteiger partial charge on any atom is 0.373 e. The first-order chi connectivity index (χ1) is 14.9. The van der Waals surface area contributed by atoms with Gasteiger partial charge >= 0.3 is 11.9 Å². The van der Waals surface area contributed by atoms with Crippen molar-refractivity contribution in [1.29, 1.82) is 0 Å². The van der Waals surface area contributed by atoms with E-state index >= 15 is 0 Å². The summed E-state index contributed by atoms with van der Waals surface area (Å²) in [5.41, 5.74) is 2.87. The van der Waals surface area contributed by atoms with E-state index in [4.69, 9.17) is 19.6 Å². The summed E-state index contributed by atoms with van der Waals surface area (Å²) in [6, 6.07) is 14.2. The lowest BCUT2D eigenvalue weighted by atomic mass is 9.87. The van der Waals surface area contributed by atoms with Crippen molar-refractivity contribution in [3.8, 4) is 0 Å². The Morgan fingerprint density at radius 1 is 0.688 bits per heavy atom. The van der Waals surface area contributed by atoms with E-state index in [1.54, 1.807) is 24.3 Å². The van der Waals surface area contributed by atoms with Gasteiger partial charge < -0.3 is 0 Å². The van der Waals surface area contributed by atoms with Crippen LogP contribution >= 0.6 is 0 Å². The zero-order valence-electron chi connectivity index (χ0n) is 20.1. The van der Waals surface area contributed by atoms with Gasteiger partial charge in [-0.15, -0.1) is 9.78 Å². The SMILES string of the molecule is CCCC(OOC(=O)c1ccc(C(C)(C)C)cc1)OOC(=O)c1ccc(C(C)(C)C)cc1. The van der Waals surface area contributed by atoms with Crippen molar-refractivity contribution >= 4 is 11.9 Å². The summed E-state index contributed by atoms with van der Waals surface area (Å²) in [7, 11) is 0. The lowest BCUT2D eigenvalue weighted by Crippen LogP contribution is -2.22. The molecule has 0 heterocycles. The Bertz CT molecular complexity index is 812. The summed E-state index contributed by atoms with van der Waals surface area (Å²) in [6.07, 6.45) is 0.00268. The van der Waals surface area contributed by atoms with Crippen LogP contribution in [0.2, 0.25) is 0 Å². The summed E-state index contributed by atoms with van der Waals surface area (Å²) in [4.78, 5) is 44.6. The van der Waals surface area contributed by atoms with Gasteiger partial charge in [0, 0.05) is 6.42 Å². The van der Waals surface area contributed by atoms with E-state index in [0.29, 0.717) is 24.0 Å². The average molecular weight is 443 g/mol. The van der Waals surface area contributed by atoms with Gasteiger partial charge in [-0.25, -0.2) is 9.59 Å². The van der Waals surface area contributed by atoms with Crippen LogP contribution in [0, 0.1) is 0 Å². The Morgan fingerprint density at radius 2 is 1.03 bits per heavy atom. The molecule has 32 heavy (non-hydrogen) atoms. The zero-order valence-corrected chi connectivity index (χ0v) is 20.1. The number of hydrogen-bond acceptors (Lipinski definition) is 6. The fourth-order valence-corrected chi connectivity index (χ4v) is 2.85. The minimum atomic E-state index is -1.03. The van der Waals surface area contributed by atoms with E-state index < -0.39 is 18.2 Å². The Morgan fingerprint density at radius 3 is 1.31 bits per heavy atom. The molecule has 0 radical (unpaired) electrons. The van der Waals surface area contributed by atoms with Crippen molar-refractivity contribution in [1.82, 2.24) is 0 Å². The molecule has 0 aromatic heterocycles. The second-order valence-corrected chi connectivity index (χ2v) is 9.81. The third-order valence-corrected chi connectivity index (χ3v) is 4.96. The highest BCUT2D eigenvalue weighted by molar-refractivity contribution is 5.89. The number of hydrogen-bond donors (Lipinski definition) is 0. The monoisotopic (exact) mass is 442 g/mol. The highest BCUT2D eigenvalue weighted by Gasteiger charge is 2.20. The Balaban J connectivity index is 1.90. The van der Waals surface area contributed by atoms with Crippen molar-refractivity contribution in [2.24, 2.45) is 0 Å². The quantitative estimate of drug-likeness (QED) is 0.272. The number of carbonyl (C=O) groups is 2. The van der Waals surface area contributed by atoms with Crippen LogP contribution in [0.4, 0.5) is 0 Å². The molecule has 0 spiro atoms. The van der Waals surface area contributed by atoms with Gasteiger partial charge in [0.05, 0.1) is 11.1 Å². The molecule has 2 rings (SSSR count). The van der Waals surface area contributed by atoms with Crippen molar-refractivity contribution < 1.29 is 29.1 Å². The van der Waals surface area contributed by atoms with Crippen LogP contribution in [-0.2, 0) is 30.4 Å². The minimum absolute atomic E-state index is 0.0179. The Hall–Kier alpha value is -2.70. The normalized spacial score (nSPS) is 12.0.